The van der Waals surface area contributed by atoms with Gasteiger partial charge in [0.15, 0.2) is 0 Å². The van der Waals surface area contributed by atoms with Gasteiger partial charge in [-0.15, -0.1) is 0 Å². The second kappa shape index (κ2) is 4.87. The lowest BCUT2D eigenvalue weighted by Crippen LogP contribution is -2.36. The van der Waals surface area contributed by atoms with Gasteiger partial charge in [-0.3, -0.25) is 9.59 Å². The van der Waals surface area contributed by atoms with Crippen molar-refractivity contribution in [1.82, 2.24) is 10.6 Å². The number of carboxylic acids is 1. The van der Waals surface area contributed by atoms with E-state index in [0.29, 0.717) is 12.1 Å². The van der Waals surface area contributed by atoms with Crippen LogP contribution in [-0.2, 0) is 4.79 Å². The quantitative estimate of drug-likeness (QED) is 0.701. The van der Waals surface area contributed by atoms with Crippen LogP contribution < -0.4 is 10.6 Å². The molecule has 6 nitrogen and oxygen atoms in total. The van der Waals surface area contributed by atoms with Gasteiger partial charge in [0, 0.05) is 18.5 Å². The lowest BCUT2D eigenvalue weighted by molar-refractivity contribution is -0.119. The van der Waals surface area contributed by atoms with Crippen molar-refractivity contribution < 1.29 is 19.5 Å². The smallest absolute Gasteiger partial charge is 0.335 e. The predicted octanol–water partition coefficient (Wildman–Crippen LogP) is 0.00310. The molecule has 1 saturated heterocycles. The molecule has 0 aliphatic carbocycles. The number of nitrogens with one attached hydrogen (secondary N) is 2. The van der Waals surface area contributed by atoms with Gasteiger partial charge in [-0.05, 0) is 24.3 Å². The maximum Gasteiger partial charge on any atom is 0.335 e. The number of aromatic carboxylic acids is 1. The molecule has 2 amide bonds. The molecule has 0 aromatic heterocycles. The Kier molecular flexibility index (Phi) is 3.27. The van der Waals surface area contributed by atoms with Crippen molar-refractivity contribution in [1.29, 1.82) is 0 Å². The molecular weight excluding hydrogens is 236 g/mol. The van der Waals surface area contributed by atoms with Crippen LogP contribution in [0.4, 0.5) is 0 Å². The van der Waals surface area contributed by atoms with Crippen molar-refractivity contribution in [3.05, 3.63) is 35.4 Å². The van der Waals surface area contributed by atoms with E-state index in [9.17, 15) is 14.4 Å². The van der Waals surface area contributed by atoms with Crippen molar-refractivity contribution in [3.8, 4) is 0 Å². The number of carbonyl (C=O) groups is 3. The Labute approximate surface area is 103 Å². The van der Waals surface area contributed by atoms with Crippen molar-refractivity contribution in [2.24, 2.45) is 0 Å². The zero-order chi connectivity index (χ0) is 13.1. The van der Waals surface area contributed by atoms with Gasteiger partial charge in [-0.25, -0.2) is 4.79 Å². The first-order valence-corrected chi connectivity index (χ1v) is 5.47. The summed E-state index contributed by atoms with van der Waals surface area (Å²) in [7, 11) is 0. The van der Waals surface area contributed by atoms with Gasteiger partial charge in [0.1, 0.15) is 0 Å². The molecule has 1 heterocycles. The van der Waals surface area contributed by atoms with Crippen molar-refractivity contribution >= 4 is 17.8 Å². The van der Waals surface area contributed by atoms with Gasteiger partial charge >= 0.3 is 5.97 Å². The number of carbonyl (C=O) groups excluding carboxylic acids is 2. The summed E-state index contributed by atoms with van der Waals surface area (Å²) < 4.78 is 0. The fourth-order valence-electron chi connectivity index (χ4n) is 1.74. The van der Waals surface area contributed by atoms with Crippen LogP contribution in [0.25, 0.3) is 0 Å². The van der Waals surface area contributed by atoms with Crippen LogP contribution in [-0.4, -0.2) is 35.5 Å². The van der Waals surface area contributed by atoms with E-state index in [1.165, 1.54) is 24.3 Å². The van der Waals surface area contributed by atoms with Crippen LogP contribution in [0.5, 0.6) is 0 Å². The monoisotopic (exact) mass is 248 g/mol. The topological polar surface area (TPSA) is 95.5 Å². The van der Waals surface area contributed by atoms with E-state index in [0.717, 1.165) is 0 Å². The third-order valence-corrected chi connectivity index (χ3v) is 2.71. The number of rotatable bonds is 3. The summed E-state index contributed by atoms with van der Waals surface area (Å²) >= 11 is 0. The summed E-state index contributed by atoms with van der Waals surface area (Å²) in [4.78, 5) is 33.4. The Morgan fingerprint density at radius 2 is 1.83 bits per heavy atom. The summed E-state index contributed by atoms with van der Waals surface area (Å²) in [5.74, 6) is -1.43. The Balaban J connectivity index is 2.00. The van der Waals surface area contributed by atoms with Crippen molar-refractivity contribution in [2.45, 2.75) is 12.5 Å². The molecule has 0 spiro atoms. The Morgan fingerprint density at radius 3 is 2.33 bits per heavy atom. The molecule has 1 aliphatic heterocycles. The predicted molar refractivity (Wildman–Crippen MR) is 62.3 cm³/mol. The number of hydrogen-bond acceptors (Lipinski definition) is 3. The fraction of sp³-hybridized carbons (Fsp3) is 0.250. The summed E-state index contributed by atoms with van der Waals surface area (Å²) in [6, 6.07) is 5.43. The van der Waals surface area contributed by atoms with E-state index >= 15 is 0 Å². The van der Waals surface area contributed by atoms with Gasteiger partial charge < -0.3 is 15.7 Å². The van der Waals surface area contributed by atoms with E-state index in [1.54, 1.807) is 0 Å². The molecule has 1 atom stereocenters. The summed E-state index contributed by atoms with van der Waals surface area (Å²) in [5, 5.41) is 14.1. The molecule has 1 aromatic rings. The fourth-order valence-corrected chi connectivity index (χ4v) is 1.74. The molecule has 1 fully saturated rings. The zero-order valence-corrected chi connectivity index (χ0v) is 9.47. The molecule has 3 N–H and O–H groups in total. The zero-order valence-electron chi connectivity index (χ0n) is 9.47. The lowest BCUT2D eigenvalue weighted by atomic mass is 10.1. The van der Waals surface area contributed by atoms with Crippen LogP contribution in [0.3, 0.4) is 0 Å². The molecule has 18 heavy (non-hydrogen) atoms. The molecule has 0 radical (unpaired) electrons. The van der Waals surface area contributed by atoms with E-state index in [1.807, 2.05) is 0 Å². The third kappa shape index (κ3) is 2.65. The molecule has 1 aliphatic rings. The first-order chi connectivity index (χ1) is 8.56. The summed E-state index contributed by atoms with van der Waals surface area (Å²) in [6.07, 6.45) is 0.277. The van der Waals surface area contributed by atoms with Gasteiger partial charge in [0.05, 0.1) is 11.6 Å². The molecule has 6 heteroatoms. The molecule has 2 rings (SSSR count). The van der Waals surface area contributed by atoms with E-state index in [4.69, 9.17) is 5.11 Å². The first-order valence-electron chi connectivity index (χ1n) is 5.47. The standard InChI is InChI=1S/C12H12N2O4/c15-10-5-9(6-13-10)14-11(16)7-1-3-8(4-2-7)12(17)18/h1-4,9H,5-6H2,(H,13,15)(H,14,16)(H,17,18). The summed E-state index contributed by atoms with van der Waals surface area (Å²) in [5.41, 5.74) is 0.503. The van der Waals surface area contributed by atoms with Crippen LogP contribution in [0, 0.1) is 0 Å². The molecule has 94 valence electrons. The van der Waals surface area contributed by atoms with Crippen LogP contribution >= 0.6 is 0 Å². The second-order valence-electron chi connectivity index (χ2n) is 4.06. The van der Waals surface area contributed by atoms with E-state index in [-0.39, 0.29) is 29.8 Å². The SMILES string of the molecule is O=C1CC(NC(=O)c2ccc(C(=O)O)cc2)CN1. The van der Waals surface area contributed by atoms with E-state index < -0.39 is 5.97 Å². The van der Waals surface area contributed by atoms with Crippen molar-refractivity contribution in [2.75, 3.05) is 6.54 Å². The van der Waals surface area contributed by atoms with Gasteiger partial charge in [0.25, 0.3) is 5.91 Å². The second-order valence-corrected chi connectivity index (χ2v) is 4.06. The number of amides is 2. The van der Waals surface area contributed by atoms with Gasteiger partial charge in [0.2, 0.25) is 5.91 Å². The first kappa shape index (κ1) is 12.1. The van der Waals surface area contributed by atoms with E-state index in [2.05, 4.69) is 10.6 Å². The minimum Gasteiger partial charge on any atom is -0.478 e. The maximum atomic E-state index is 11.8. The largest absolute Gasteiger partial charge is 0.478 e. The molecule has 1 unspecified atom stereocenters. The maximum absolute atomic E-state index is 11.8. The highest BCUT2D eigenvalue weighted by Gasteiger charge is 2.23. The molecule has 0 saturated carbocycles. The number of carboxylic acid groups (broad SMARTS) is 1. The van der Waals surface area contributed by atoms with Gasteiger partial charge in [-0.1, -0.05) is 0 Å². The highest BCUT2D eigenvalue weighted by atomic mass is 16.4. The third-order valence-electron chi connectivity index (χ3n) is 2.71. The normalized spacial score (nSPS) is 18.2. The lowest BCUT2D eigenvalue weighted by Gasteiger charge is -2.10. The van der Waals surface area contributed by atoms with Crippen LogP contribution in [0.15, 0.2) is 24.3 Å². The minimum atomic E-state index is -1.03. The number of hydrogen-bond donors (Lipinski definition) is 3. The van der Waals surface area contributed by atoms with Crippen LogP contribution in [0.2, 0.25) is 0 Å². The average Bonchev–Trinajstić information content (AvgIpc) is 2.75. The minimum absolute atomic E-state index is 0.0819. The Morgan fingerprint density at radius 1 is 1.22 bits per heavy atom. The highest BCUT2D eigenvalue weighted by molar-refractivity contribution is 5.96. The highest BCUT2D eigenvalue weighted by Crippen LogP contribution is 2.06. The molecule has 0 bridgehead atoms. The molecular formula is C12H12N2O4. The van der Waals surface area contributed by atoms with Crippen LogP contribution in [0.1, 0.15) is 27.1 Å². The Hall–Kier alpha value is -2.37. The average molecular weight is 248 g/mol. The van der Waals surface area contributed by atoms with Gasteiger partial charge in [-0.2, -0.15) is 0 Å². The Bertz CT molecular complexity index is 495. The summed E-state index contributed by atoms with van der Waals surface area (Å²) in [6.45, 7) is 0.428. The number of benzene rings is 1. The molecule has 1 aromatic carbocycles. The van der Waals surface area contributed by atoms with Crippen molar-refractivity contribution in [3.63, 3.8) is 0 Å².